The van der Waals surface area contributed by atoms with E-state index in [1.807, 2.05) is 53.2 Å². The summed E-state index contributed by atoms with van der Waals surface area (Å²) in [6.45, 7) is 0. The zero-order valence-corrected chi connectivity index (χ0v) is 18.8. The van der Waals surface area contributed by atoms with E-state index in [1.165, 1.54) is 4.90 Å². The number of carbonyl (C=O) groups is 2. The smallest absolute Gasteiger partial charge is 0.270 e. The number of amides is 2. The number of anilines is 1. The Labute approximate surface area is 189 Å². The van der Waals surface area contributed by atoms with Crippen LogP contribution in [0.15, 0.2) is 81.4 Å². The van der Waals surface area contributed by atoms with Gasteiger partial charge in [-0.1, -0.05) is 37.9 Å². The molecule has 29 heavy (non-hydrogen) atoms. The van der Waals surface area contributed by atoms with Crippen molar-refractivity contribution in [2.24, 2.45) is 0 Å². The van der Waals surface area contributed by atoms with Crippen LogP contribution in [0, 0.1) is 0 Å². The van der Waals surface area contributed by atoms with E-state index >= 15 is 0 Å². The van der Waals surface area contributed by atoms with Gasteiger partial charge in [0.05, 0.1) is 5.69 Å². The van der Waals surface area contributed by atoms with E-state index in [1.54, 1.807) is 24.3 Å². The van der Waals surface area contributed by atoms with Crippen LogP contribution in [0.25, 0.3) is 11.8 Å². The van der Waals surface area contributed by atoms with Gasteiger partial charge < -0.3 is 4.57 Å². The Kier molecular flexibility index (Phi) is 5.49. The molecule has 8 heteroatoms. The van der Waals surface area contributed by atoms with E-state index in [0.717, 1.165) is 14.6 Å². The average molecular weight is 531 g/mol. The van der Waals surface area contributed by atoms with E-state index in [-0.39, 0.29) is 10.7 Å². The number of nitrogens with one attached hydrogen (secondary N) is 1. The Morgan fingerprint density at radius 3 is 2.38 bits per heavy atom. The minimum atomic E-state index is -0.519. The second-order valence-electron chi connectivity index (χ2n) is 6.22. The number of aromatic nitrogens is 1. The number of carbonyl (C=O) groups excluding carboxylic acids is 2. The molecule has 1 N–H and O–H groups in total. The maximum absolute atomic E-state index is 13.2. The highest BCUT2D eigenvalue weighted by atomic mass is 79.9. The average Bonchev–Trinajstić information content (AvgIpc) is 3.14. The molecule has 1 saturated heterocycles. The summed E-state index contributed by atoms with van der Waals surface area (Å²) in [6, 6.07) is 18.6. The number of hydrogen-bond acceptors (Lipinski definition) is 3. The van der Waals surface area contributed by atoms with Crippen LogP contribution < -0.4 is 10.2 Å². The van der Waals surface area contributed by atoms with Crippen molar-refractivity contribution < 1.29 is 9.59 Å². The summed E-state index contributed by atoms with van der Waals surface area (Å²) in [7, 11) is 0. The highest BCUT2D eigenvalue weighted by Crippen LogP contribution is 2.25. The van der Waals surface area contributed by atoms with Gasteiger partial charge in [-0.2, -0.15) is 0 Å². The fraction of sp³-hybridized carbons (Fsp3) is 0. The number of thiocarbonyl (C=S) groups is 1. The second-order valence-corrected chi connectivity index (χ2v) is 8.44. The molecule has 2 heterocycles. The molecule has 4 rings (SSSR count). The summed E-state index contributed by atoms with van der Waals surface area (Å²) >= 11 is 12.1. The van der Waals surface area contributed by atoms with Gasteiger partial charge >= 0.3 is 0 Å². The van der Waals surface area contributed by atoms with Gasteiger partial charge in [0.1, 0.15) is 5.57 Å². The van der Waals surface area contributed by atoms with Crippen molar-refractivity contribution in [1.82, 2.24) is 9.88 Å². The monoisotopic (exact) mass is 529 g/mol. The Bertz CT molecular complexity index is 1170. The van der Waals surface area contributed by atoms with Gasteiger partial charge in [0.25, 0.3) is 11.8 Å². The third-order valence-corrected chi connectivity index (χ3v) is 5.65. The molecule has 1 aliphatic heterocycles. The van der Waals surface area contributed by atoms with E-state index in [4.69, 9.17) is 12.2 Å². The molecule has 0 bridgehead atoms. The maximum atomic E-state index is 13.2. The lowest BCUT2D eigenvalue weighted by atomic mass is 10.1. The molecule has 0 unspecified atom stereocenters. The van der Waals surface area contributed by atoms with E-state index in [2.05, 4.69) is 37.2 Å². The summed E-state index contributed by atoms with van der Waals surface area (Å²) in [4.78, 5) is 27.0. The van der Waals surface area contributed by atoms with Crippen molar-refractivity contribution in [2.75, 3.05) is 4.90 Å². The Morgan fingerprint density at radius 1 is 0.897 bits per heavy atom. The molecule has 1 aromatic heterocycles. The number of nitrogens with zero attached hydrogens (tertiary/aromatic N) is 2. The zero-order chi connectivity index (χ0) is 20.5. The van der Waals surface area contributed by atoms with E-state index < -0.39 is 11.8 Å². The number of hydrogen-bond donors (Lipinski definition) is 1. The molecule has 0 radical (unpaired) electrons. The van der Waals surface area contributed by atoms with Crippen LogP contribution in [0.3, 0.4) is 0 Å². The van der Waals surface area contributed by atoms with Gasteiger partial charge in [-0.25, -0.2) is 0 Å². The first-order chi connectivity index (χ1) is 13.9. The summed E-state index contributed by atoms with van der Waals surface area (Å²) in [5.41, 5.74) is 2.19. The third-order valence-electron chi connectivity index (χ3n) is 4.35. The first-order valence-corrected chi connectivity index (χ1v) is 10.5. The highest BCUT2D eigenvalue weighted by molar-refractivity contribution is 9.10. The minimum absolute atomic E-state index is 0.00985. The molecule has 1 fully saturated rings. The van der Waals surface area contributed by atoms with Crippen molar-refractivity contribution in [3.63, 3.8) is 0 Å². The predicted octanol–water partition coefficient (Wildman–Crippen LogP) is 4.83. The Balaban J connectivity index is 1.75. The van der Waals surface area contributed by atoms with E-state index in [9.17, 15) is 9.59 Å². The number of benzene rings is 2. The molecule has 144 valence electrons. The van der Waals surface area contributed by atoms with Crippen LogP contribution in [0.5, 0.6) is 0 Å². The van der Waals surface area contributed by atoms with Crippen LogP contribution >= 0.6 is 44.1 Å². The van der Waals surface area contributed by atoms with Gasteiger partial charge in [0.15, 0.2) is 5.11 Å². The molecule has 2 aromatic carbocycles. The molecule has 0 spiro atoms. The van der Waals surface area contributed by atoms with Gasteiger partial charge in [0, 0.05) is 26.5 Å². The van der Waals surface area contributed by atoms with Crippen LogP contribution in [0.1, 0.15) is 5.69 Å². The Morgan fingerprint density at radius 2 is 1.66 bits per heavy atom. The molecular weight excluding hydrogens is 518 g/mol. The SMILES string of the molecule is O=C1NC(=S)N(c2cccc(Br)c2)C(=O)/C1=C/c1cccn1-c1ccc(Br)cc1. The molecule has 0 atom stereocenters. The topological polar surface area (TPSA) is 54.3 Å². The lowest BCUT2D eigenvalue weighted by Crippen LogP contribution is -2.54. The molecular formula is C21H13Br2N3O2S. The molecule has 3 aromatic rings. The van der Waals surface area contributed by atoms with Crippen molar-refractivity contribution in [3.8, 4) is 5.69 Å². The quantitative estimate of drug-likeness (QED) is 0.299. The third kappa shape index (κ3) is 3.96. The molecule has 0 aliphatic carbocycles. The summed E-state index contributed by atoms with van der Waals surface area (Å²) in [5, 5.41) is 2.66. The molecule has 1 aliphatic rings. The fourth-order valence-corrected chi connectivity index (χ4v) is 3.94. The largest absolute Gasteiger partial charge is 0.317 e. The predicted molar refractivity (Wildman–Crippen MR) is 124 cm³/mol. The standard InChI is InChI=1S/C21H13Br2N3O2S/c22-13-6-8-15(9-7-13)25-10-2-5-16(25)12-18-19(27)24-21(29)26(20(18)28)17-4-1-3-14(23)11-17/h1-12H,(H,24,27,29)/b18-12+. The van der Waals surface area contributed by atoms with Crippen molar-refractivity contribution in [2.45, 2.75) is 0 Å². The lowest BCUT2D eigenvalue weighted by Gasteiger charge is -2.29. The summed E-state index contributed by atoms with van der Waals surface area (Å²) in [6.07, 6.45) is 3.45. The van der Waals surface area contributed by atoms with Crippen LogP contribution in [-0.4, -0.2) is 21.5 Å². The molecule has 5 nitrogen and oxygen atoms in total. The zero-order valence-electron chi connectivity index (χ0n) is 14.8. The van der Waals surface area contributed by atoms with Crippen LogP contribution in [0.2, 0.25) is 0 Å². The van der Waals surface area contributed by atoms with Crippen LogP contribution in [-0.2, 0) is 9.59 Å². The number of rotatable bonds is 3. The first kappa shape index (κ1) is 19.8. The number of halogens is 2. The lowest BCUT2D eigenvalue weighted by molar-refractivity contribution is -0.122. The molecule has 0 saturated carbocycles. The van der Waals surface area contributed by atoms with Gasteiger partial charge in [-0.05, 0) is 72.9 Å². The Hall–Kier alpha value is -2.55. The van der Waals surface area contributed by atoms with Crippen molar-refractivity contribution in [3.05, 3.63) is 87.1 Å². The van der Waals surface area contributed by atoms with E-state index in [0.29, 0.717) is 11.4 Å². The maximum Gasteiger partial charge on any atom is 0.270 e. The van der Waals surface area contributed by atoms with Crippen LogP contribution in [0.4, 0.5) is 5.69 Å². The normalized spacial score (nSPS) is 15.7. The van der Waals surface area contributed by atoms with Crippen molar-refractivity contribution in [1.29, 1.82) is 0 Å². The first-order valence-electron chi connectivity index (χ1n) is 8.54. The summed E-state index contributed by atoms with van der Waals surface area (Å²) < 4.78 is 3.67. The highest BCUT2D eigenvalue weighted by Gasteiger charge is 2.34. The fourth-order valence-electron chi connectivity index (χ4n) is 3.00. The van der Waals surface area contributed by atoms with Crippen molar-refractivity contribution >= 4 is 72.8 Å². The second kappa shape index (κ2) is 8.06. The van der Waals surface area contributed by atoms with Gasteiger partial charge in [-0.15, -0.1) is 0 Å². The summed E-state index contributed by atoms with van der Waals surface area (Å²) in [5.74, 6) is -0.991. The molecule has 2 amide bonds. The van der Waals surface area contributed by atoms with Gasteiger partial charge in [0.2, 0.25) is 0 Å². The van der Waals surface area contributed by atoms with Gasteiger partial charge in [-0.3, -0.25) is 19.8 Å². The minimum Gasteiger partial charge on any atom is -0.317 e.